The largest absolute Gasteiger partial charge is 0.370 e. The van der Waals surface area contributed by atoms with E-state index in [4.69, 9.17) is 0 Å². The van der Waals surface area contributed by atoms with Crippen LogP contribution in [0.15, 0.2) is 23.1 Å². The molecule has 0 aromatic heterocycles. The van der Waals surface area contributed by atoms with Crippen LogP contribution in [0.25, 0.3) is 0 Å². The average molecular weight is 477 g/mol. The van der Waals surface area contributed by atoms with Crippen molar-refractivity contribution in [2.75, 3.05) is 50.7 Å². The first-order chi connectivity index (χ1) is 16.0. The van der Waals surface area contributed by atoms with Crippen LogP contribution < -0.4 is 10.2 Å². The monoisotopic (exact) mass is 476 g/mol. The summed E-state index contributed by atoms with van der Waals surface area (Å²) in [6.07, 6.45) is 9.89. The summed E-state index contributed by atoms with van der Waals surface area (Å²) < 4.78 is 28.9. The first-order valence-corrected chi connectivity index (χ1v) is 14.3. The van der Waals surface area contributed by atoms with Crippen LogP contribution >= 0.6 is 0 Å². The quantitative estimate of drug-likeness (QED) is 0.653. The number of nitrogens with zero attached hydrogens (tertiary/aromatic N) is 3. The summed E-state index contributed by atoms with van der Waals surface area (Å²) in [5, 5.41) is 3.02. The molecule has 3 fully saturated rings. The molecule has 3 heterocycles. The number of likely N-dealkylation sites (tertiary alicyclic amines) is 1. The Kier molecular flexibility index (Phi) is 8.30. The van der Waals surface area contributed by atoms with Crippen LogP contribution in [-0.4, -0.2) is 75.4 Å². The Labute approximate surface area is 199 Å². The van der Waals surface area contributed by atoms with Crippen molar-refractivity contribution in [2.24, 2.45) is 0 Å². The van der Waals surface area contributed by atoms with E-state index in [1.807, 2.05) is 6.07 Å². The van der Waals surface area contributed by atoms with Crippen molar-refractivity contribution in [2.45, 2.75) is 75.6 Å². The van der Waals surface area contributed by atoms with E-state index in [9.17, 15) is 13.2 Å². The van der Waals surface area contributed by atoms with Gasteiger partial charge in [-0.15, -0.1) is 0 Å². The molecule has 0 saturated carbocycles. The van der Waals surface area contributed by atoms with E-state index in [1.54, 1.807) is 16.4 Å². The molecule has 0 bridgehead atoms. The first kappa shape index (κ1) is 24.5. The van der Waals surface area contributed by atoms with Gasteiger partial charge < -0.3 is 10.2 Å². The molecular formula is C25H40N4O3S. The second kappa shape index (κ2) is 11.2. The number of carbonyl (C=O) groups excluding carboxylic acids is 1. The molecule has 1 N–H and O–H groups in total. The lowest BCUT2D eigenvalue weighted by Gasteiger charge is -2.33. The summed E-state index contributed by atoms with van der Waals surface area (Å²) >= 11 is 0. The number of anilines is 1. The maximum atomic E-state index is 13.6. The third-order valence-corrected chi connectivity index (χ3v) is 9.40. The van der Waals surface area contributed by atoms with Crippen LogP contribution in [0, 0.1) is 0 Å². The van der Waals surface area contributed by atoms with E-state index in [-0.39, 0.29) is 5.91 Å². The zero-order chi connectivity index (χ0) is 23.3. The van der Waals surface area contributed by atoms with Gasteiger partial charge in [-0.3, -0.25) is 9.69 Å². The molecule has 1 aromatic carbocycles. The van der Waals surface area contributed by atoms with E-state index in [1.165, 1.54) is 25.7 Å². The molecule has 184 valence electrons. The van der Waals surface area contributed by atoms with Crippen molar-refractivity contribution >= 4 is 21.6 Å². The van der Waals surface area contributed by atoms with Gasteiger partial charge in [0.15, 0.2) is 0 Å². The summed E-state index contributed by atoms with van der Waals surface area (Å²) in [5.41, 5.74) is 1.18. The fourth-order valence-corrected chi connectivity index (χ4v) is 7.16. The lowest BCUT2D eigenvalue weighted by Crippen LogP contribution is -2.42. The van der Waals surface area contributed by atoms with Crippen LogP contribution in [0.3, 0.4) is 0 Å². The molecule has 3 aliphatic heterocycles. The van der Waals surface area contributed by atoms with Gasteiger partial charge in [0, 0.05) is 50.9 Å². The van der Waals surface area contributed by atoms with Gasteiger partial charge in [-0.2, -0.15) is 4.31 Å². The molecule has 1 aromatic rings. The first-order valence-electron chi connectivity index (χ1n) is 12.9. The number of nitrogens with one attached hydrogen (secondary N) is 1. The van der Waals surface area contributed by atoms with Gasteiger partial charge in [0.05, 0.1) is 5.69 Å². The van der Waals surface area contributed by atoms with Crippen molar-refractivity contribution < 1.29 is 13.2 Å². The second-order valence-electron chi connectivity index (χ2n) is 9.83. The Morgan fingerprint density at radius 2 is 1.61 bits per heavy atom. The van der Waals surface area contributed by atoms with Gasteiger partial charge in [0.2, 0.25) is 10.0 Å². The molecule has 4 rings (SSSR count). The van der Waals surface area contributed by atoms with Gasteiger partial charge in [0.25, 0.3) is 5.91 Å². The zero-order valence-electron chi connectivity index (χ0n) is 20.1. The number of hydrogen-bond acceptors (Lipinski definition) is 5. The number of carbonyl (C=O) groups is 1. The molecular weight excluding hydrogens is 436 g/mol. The number of sulfonamides is 1. The highest BCUT2D eigenvalue weighted by atomic mass is 32.2. The SMILES string of the molecule is C[C@@H]1CCCCN1CCNC(=O)c1ccc(N2CCCCC2)c(S(=O)(=O)N2CCCCC2)c1. The summed E-state index contributed by atoms with van der Waals surface area (Å²) in [7, 11) is -3.64. The Hall–Kier alpha value is -1.64. The Bertz CT molecular complexity index is 908. The van der Waals surface area contributed by atoms with E-state index >= 15 is 0 Å². The Morgan fingerprint density at radius 1 is 0.939 bits per heavy atom. The van der Waals surface area contributed by atoms with Crippen molar-refractivity contribution in [3.8, 4) is 0 Å². The molecule has 7 nitrogen and oxygen atoms in total. The standard InChI is InChI=1S/C25H40N4O3S/c1-21-10-4-9-14-27(21)19-13-26-25(30)22-11-12-23(28-15-5-2-6-16-28)24(20-22)33(31,32)29-17-7-3-8-18-29/h11-12,20-21H,2-10,13-19H2,1H3,(H,26,30)/t21-/m1/s1. The summed E-state index contributed by atoms with van der Waals surface area (Å²) in [6.45, 7) is 7.59. The second-order valence-corrected chi connectivity index (χ2v) is 11.7. The van der Waals surface area contributed by atoms with E-state index in [0.29, 0.717) is 36.1 Å². The number of amides is 1. The Balaban J connectivity index is 1.52. The smallest absolute Gasteiger partial charge is 0.251 e. The predicted octanol–water partition coefficient (Wildman–Crippen LogP) is 3.46. The van der Waals surface area contributed by atoms with Crippen LogP contribution in [-0.2, 0) is 10.0 Å². The summed E-state index contributed by atoms with van der Waals surface area (Å²) in [6, 6.07) is 5.81. The highest BCUT2D eigenvalue weighted by Crippen LogP contribution is 2.32. The van der Waals surface area contributed by atoms with Gasteiger partial charge in [0.1, 0.15) is 4.90 Å². The molecule has 33 heavy (non-hydrogen) atoms. The molecule has 1 atom stereocenters. The van der Waals surface area contributed by atoms with E-state index in [0.717, 1.165) is 64.0 Å². The highest BCUT2D eigenvalue weighted by Gasteiger charge is 2.31. The van der Waals surface area contributed by atoms with Crippen LogP contribution in [0.2, 0.25) is 0 Å². The molecule has 3 aliphatic rings. The lowest BCUT2D eigenvalue weighted by atomic mass is 10.0. The molecule has 8 heteroatoms. The van der Waals surface area contributed by atoms with Crippen molar-refractivity contribution in [1.82, 2.24) is 14.5 Å². The van der Waals surface area contributed by atoms with Gasteiger partial charge >= 0.3 is 0 Å². The molecule has 3 saturated heterocycles. The minimum absolute atomic E-state index is 0.194. The molecule has 0 spiro atoms. The van der Waals surface area contributed by atoms with Crippen molar-refractivity contribution in [3.05, 3.63) is 23.8 Å². The molecule has 0 aliphatic carbocycles. The van der Waals surface area contributed by atoms with Crippen LogP contribution in [0.1, 0.15) is 75.1 Å². The molecule has 0 unspecified atom stereocenters. The van der Waals surface area contributed by atoms with Crippen LogP contribution in [0.4, 0.5) is 5.69 Å². The topological polar surface area (TPSA) is 73.0 Å². The number of hydrogen-bond donors (Lipinski definition) is 1. The normalized spacial score (nSPS) is 23.4. The maximum Gasteiger partial charge on any atom is 0.251 e. The van der Waals surface area contributed by atoms with Gasteiger partial charge in [-0.05, 0) is 76.6 Å². The molecule has 1 amide bonds. The lowest BCUT2D eigenvalue weighted by molar-refractivity contribution is 0.0938. The van der Waals surface area contributed by atoms with E-state index in [2.05, 4.69) is 22.0 Å². The third-order valence-electron chi connectivity index (χ3n) is 7.48. The minimum atomic E-state index is -3.64. The molecule has 0 radical (unpaired) electrons. The van der Waals surface area contributed by atoms with Crippen molar-refractivity contribution in [1.29, 1.82) is 0 Å². The van der Waals surface area contributed by atoms with E-state index < -0.39 is 10.0 Å². The van der Waals surface area contributed by atoms with Crippen LogP contribution in [0.5, 0.6) is 0 Å². The number of rotatable bonds is 7. The Morgan fingerprint density at radius 3 is 2.30 bits per heavy atom. The third kappa shape index (κ3) is 5.89. The van der Waals surface area contributed by atoms with Crippen molar-refractivity contribution in [3.63, 3.8) is 0 Å². The summed E-state index contributed by atoms with van der Waals surface area (Å²) in [5.74, 6) is -0.194. The predicted molar refractivity (Wildman–Crippen MR) is 132 cm³/mol. The minimum Gasteiger partial charge on any atom is -0.370 e. The number of benzene rings is 1. The fraction of sp³-hybridized carbons (Fsp3) is 0.720. The van der Waals surface area contributed by atoms with Gasteiger partial charge in [-0.1, -0.05) is 12.8 Å². The van der Waals surface area contributed by atoms with Gasteiger partial charge in [-0.25, -0.2) is 8.42 Å². The maximum absolute atomic E-state index is 13.6. The summed E-state index contributed by atoms with van der Waals surface area (Å²) in [4.78, 5) is 17.9. The fourth-order valence-electron chi connectivity index (χ4n) is 5.41. The zero-order valence-corrected chi connectivity index (χ0v) is 20.9. The average Bonchev–Trinajstić information content (AvgIpc) is 2.86. The highest BCUT2D eigenvalue weighted by molar-refractivity contribution is 7.89. The number of piperidine rings is 3.